The Morgan fingerprint density at radius 3 is 2.62 bits per heavy atom. The molecule has 0 aliphatic carbocycles. The van der Waals surface area contributed by atoms with Crippen molar-refractivity contribution in [2.24, 2.45) is 5.73 Å². The van der Waals surface area contributed by atoms with E-state index in [0.29, 0.717) is 19.0 Å². The zero-order chi connectivity index (χ0) is 14.7. The molecule has 0 amide bonds. The third-order valence-electron chi connectivity index (χ3n) is 3.33. The number of aromatic nitrogens is 1. The average molecular weight is 343 g/mol. The maximum absolute atomic E-state index is 5.89. The summed E-state index contributed by atoms with van der Waals surface area (Å²) in [6, 6.07) is 16.1. The Hall–Kier alpha value is -1.91. The van der Waals surface area contributed by atoms with Gasteiger partial charge in [0.05, 0.1) is 0 Å². The van der Waals surface area contributed by atoms with E-state index in [0.717, 1.165) is 26.4 Å². The van der Waals surface area contributed by atoms with E-state index in [1.165, 1.54) is 0 Å². The first-order chi connectivity index (χ1) is 10.3. The van der Waals surface area contributed by atoms with E-state index in [9.17, 15) is 0 Å². The van der Waals surface area contributed by atoms with Crippen LogP contribution in [0.4, 0.5) is 0 Å². The van der Waals surface area contributed by atoms with Crippen molar-refractivity contribution in [3.05, 3.63) is 70.3 Å². The second kappa shape index (κ2) is 6.24. The Labute approximate surface area is 131 Å². The summed E-state index contributed by atoms with van der Waals surface area (Å²) in [6.07, 6.45) is 1.79. The van der Waals surface area contributed by atoms with Crippen molar-refractivity contribution in [2.45, 2.75) is 13.2 Å². The molecule has 106 valence electrons. The van der Waals surface area contributed by atoms with Gasteiger partial charge in [0.25, 0.3) is 0 Å². The van der Waals surface area contributed by atoms with Crippen molar-refractivity contribution in [1.82, 2.24) is 4.98 Å². The number of nitrogens with zero attached hydrogens (tertiary/aromatic N) is 1. The molecule has 2 aromatic carbocycles. The summed E-state index contributed by atoms with van der Waals surface area (Å²) in [6.45, 7) is 0.956. The first-order valence-electron chi connectivity index (χ1n) is 6.72. The fraction of sp³-hybridized carbons (Fsp3) is 0.118. The van der Waals surface area contributed by atoms with E-state index >= 15 is 0 Å². The third kappa shape index (κ3) is 3.06. The van der Waals surface area contributed by atoms with Gasteiger partial charge in [0.15, 0.2) is 0 Å². The van der Waals surface area contributed by atoms with Gasteiger partial charge in [-0.2, -0.15) is 0 Å². The Bertz CT molecular complexity index is 774. The van der Waals surface area contributed by atoms with Gasteiger partial charge in [-0.3, -0.25) is 0 Å². The van der Waals surface area contributed by atoms with Gasteiger partial charge in [0.1, 0.15) is 6.61 Å². The number of rotatable bonds is 4. The van der Waals surface area contributed by atoms with Gasteiger partial charge >= 0.3 is 0 Å². The van der Waals surface area contributed by atoms with Crippen LogP contribution in [-0.4, -0.2) is 4.98 Å². The lowest BCUT2D eigenvalue weighted by molar-refractivity contribution is 0.298. The van der Waals surface area contributed by atoms with Gasteiger partial charge < -0.3 is 10.5 Å². The van der Waals surface area contributed by atoms with Gasteiger partial charge in [-0.1, -0.05) is 46.3 Å². The van der Waals surface area contributed by atoms with E-state index in [1.807, 2.05) is 48.5 Å². The van der Waals surface area contributed by atoms with Crippen molar-refractivity contribution in [3.63, 3.8) is 0 Å². The molecule has 0 radical (unpaired) electrons. The van der Waals surface area contributed by atoms with E-state index in [1.54, 1.807) is 6.20 Å². The molecule has 0 spiro atoms. The number of nitrogens with two attached hydrogens (primary N) is 1. The minimum absolute atomic E-state index is 0.472. The lowest BCUT2D eigenvalue weighted by Gasteiger charge is -2.11. The molecule has 0 atom stereocenters. The van der Waals surface area contributed by atoms with Crippen LogP contribution in [0, 0.1) is 0 Å². The SMILES string of the molecule is NCc1cnc(OCc2cccc(Br)c2)c2ccccc12. The molecule has 2 N–H and O–H groups in total. The highest BCUT2D eigenvalue weighted by molar-refractivity contribution is 9.10. The monoisotopic (exact) mass is 342 g/mol. The van der Waals surface area contributed by atoms with E-state index in [2.05, 4.69) is 20.9 Å². The number of benzene rings is 2. The Kier molecular flexibility index (Phi) is 4.18. The molecular weight excluding hydrogens is 328 g/mol. The molecule has 0 aliphatic heterocycles. The number of hydrogen-bond donors (Lipinski definition) is 1. The molecule has 3 nitrogen and oxygen atoms in total. The second-order valence-corrected chi connectivity index (χ2v) is 5.67. The summed E-state index contributed by atoms with van der Waals surface area (Å²) in [5.41, 5.74) is 7.89. The number of ether oxygens (including phenoxy) is 1. The molecule has 0 bridgehead atoms. The van der Waals surface area contributed by atoms with Crippen molar-refractivity contribution >= 4 is 26.7 Å². The Morgan fingerprint density at radius 2 is 1.86 bits per heavy atom. The molecule has 0 aliphatic rings. The van der Waals surface area contributed by atoms with Gasteiger partial charge in [-0.05, 0) is 34.7 Å². The largest absolute Gasteiger partial charge is 0.472 e. The van der Waals surface area contributed by atoms with Crippen LogP contribution in [0.15, 0.2) is 59.2 Å². The van der Waals surface area contributed by atoms with Crippen LogP contribution in [0.5, 0.6) is 5.88 Å². The van der Waals surface area contributed by atoms with Crippen molar-refractivity contribution in [3.8, 4) is 5.88 Å². The number of halogens is 1. The molecule has 0 saturated carbocycles. The van der Waals surface area contributed by atoms with Crippen molar-refractivity contribution in [1.29, 1.82) is 0 Å². The average Bonchev–Trinajstić information content (AvgIpc) is 2.52. The molecule has 1 aromatic heterocycles. The van der Waals surface area contributed by atoms with Gasteiger partial charge in [0.2, 0.25) is 5.88 Å². The number of hydrogen-bond acceptors (Lipinski definition) is 3. The highest BCUT2D eigenvalue weighted by atomic mass is 79.9. The van der Waals surface area contributed by atoms with Gasteiger partial charge in [0, 0.05) is 22.6 Å². The molecule has 3 aromatic rings. The first-order valence-corrected chi connectivity index (χ1v) is 7.51. The predicted octanol–water partition coefficient (Wildman–Crippen LogP) is 4.04. The fourth-order valence-electron chi connectivity index (χ4n) is 2.28. The quantitative estimate of drug-likeness (QED) is 0.778. The standard InChI is InChI=1S/C17H15BrN2O/c18-14-5-3-4-12(8-14)11-21-17-16-7-2-1-6-15(16)13(9-19)10-20-17/h1-8,10H,9,11,19H2. The summed E-state index contributed by atoms with van der Waals surface area (Å²) >= 11 is 3.46. The summed E-state index contributed by atoms with van der Waals surface area (Å²) < 4.78 is 6.93. The fourth-order valence-corrected chi connectivity index (χ4v) is 2.73. The minimum atomic E-state index is 0.472. The third-order valence-corrected chi connectivity index (χ3v) is 3.82. The van der Waals surface area contributed by atoms with Gasteiger partial charge in [-0.25, -0.2) is 4.98 Å². The zero-order valence-electron chi connectivity index (χ0n) is 11.4. The molecule has 4 heteroatoms. The Balaban J connectivity index is 1.91. The van der Waals surface area contributed by atoms with Crippen LogP contribution in [0.1, 0.15) is 11.1 Å². The van der Waals surface area contributed by atoms with Crippen LogP contribution in [0.3, 0.4) is 0 Å². The normalized spacial score (nSPS) is 10.8. The molecule has 21 heavy (non-hydrogen) atoms. The second-order valence-electron chi connectivity index (χ2n) is 4.76. The van der Waals surface area contributed by atoms with Gasteiger partial charge in [-0.15, -0.1) is 0 Å². The summed E-state index contributed by atoms with van der Waals surface area (Å²) in [5.74, 6) is 0.641. The first kappa shape index (κ1) is 14.0. The van der Waals surface area contributed by atoms with Crippen LogP contribution < -0.4 is 10.5 Å². The topological polar surface area (TPSA) is 48.1 Å². The predicted molar refractivity (Wildman–Crippen MR) is 88.1 cm³/mol. The zero-order valence-corrected chi connectivity index (χ0v) is 13.0. The van der Waals surface area contributed by atoms with E-state index < -0.39 is 0 Å². The minimum Gasteiger partial charge on any atom is -0.472 e. The van der Waals surface area contributed by atoms with E-state index in [4.69, 9.17) is 10.5 Å². The smallest absolute Gasteiger partial charge is 0.221 e. The van der Waals surface area contributed by atoms with Crippen molar-refractivity contribution < 1.29 is 4.74 Å². The number of fused-ring (bicyclic) bond motifs is 1. The van der Waals surface area contributed by atoms with E-state index in [-0.39, 0.29) is 0 Å². The van der Waals surface area contributed by atoms with Crippen LogP contribution in [-0.2, 0) is 13.2 Å². The number of pyridine rings is 1. The lowest BCUT2D eigenvalue weighted by Crippen LogP contribution is -2.02. The maximum Gasteiger partial charge on any atom is 0.221 e. The lowest BCUT2D eigenvalue weighted by atomic mass is 10.1. The van der Waals surface area contributed by atoms with Crippen LogP contribution in [0.2, 0.25) is 0 Å². The molecular formula is C17H15BrN2O. The highest BCUT2D eigenvalue weighted by Crippen LogP contribution is 2.26. The summed E-state index contributed by atoms with van der Waals surface area (Å²) in [5, 5.41) is 2.09. The molecule has 1 heterocycles. The molecule has 0 unspecified atom stereocenters. The maximum atomic E-state index is 5.89. The molecule has 3 rings (SSSR count). The summed E-state index contributed by atoms with van der Waals surface area (Å²) in [4.78, 5) is 4.40. The van der Waals surface area contributed by atoms with Crippen LogP contribution in [0.25, 0.3) is 10.8 Å². The van der Waals surface area contributed by atoms with Crippen LogP contribution >= 0.6 is 15.9 Å². The van der Waals surface area contributed by atoms with Crippen molar-refractivity contribution in [2.75, 3.05) is 0 Å². The Morgan fingerprint density at radius 1 is 1.05 bits per heavy atom. The molecule has 0 fully saturated rings. The highest BCUT2D eigenvalue weighted by Gasteiger charge is 2.07. The molecule has 0 saturated heterocycles. The summed E-state index contributed by atoms with van der Waals surface area (Å²) in [7, 11) is 0.